The monoisotopic (exact) mass is 304 g/mol. The molecule has 0 radical (unpaired) electrons. The fourth-order valence-corrected chi connectivity index (χ4v) is 2.73. The number of ether oxygens (including phenoxy) is 2. The van der Waals surface area contributed by atoms with Gasteiger partial charge in [0.15, 0.2) is 6.10 Å². The summed E-state index contributed by atoms with van der Waals surface area (Å²) < 4.78 is 10.9. The Kier molecular flexibility index (Phi) is 4.02. The second-order valence-corrected chi connectivity index (χ2v) is 5.65. The molecule has 0 unspecified atom stereocenters. The molecule has 1 atom stereocenters. The Labute approximate surface area is 129 Å². The average molecular weight is 304 g/mol. The van der Waals surface area contributed by atoms with Crippen LogP contribution in [0.15, 0.2) is 18.2 Å². The molecule has 3 rings (SSSR count). The number of carbonyl (C=O) groups is 2. The SMILES string of the molecule is Cc1ccc2c(c1)N(CC(=O)N1CCOCC1)C(=O)[C@H](C)O2. The molecule has 1 aromatic carbocycles. The van der Waals surface area contributed by atoms with Crippen molar-refractivity contribution in [3.63, 3.8) is 0 Å². The summed E-state index contributed by atoms with van der Waals surface area (Å²) in [7, 11) is 0. The number of aryl methyl sites for hydroxylation is 1. The summed E-state index contributed by atoms with van der Waals surface area (Å²) in [5.41, 5.74) is 1.69. The van der Waals surface area contributed by atoms with E-state index in [2.05, 4.69) is 0 Å². The molecule has 0 bridgehead atoms. The van der Waals surface area contributed by atoms with Gasteiger partial charge in [0.25, 0.3) is 5.91 Å². The quantitative estimate of drug-likeness (QED) is 0.817. The Hall–Kier alpha value is -2.08. The van der Waals surface area contributed by atoms with Crippen LogP contribution in [-0.2, 0) is 14.3 Å². The van der Waals surface area contributed by atoms with E-state index in [9.17, 15) is 9.59 Å². The van der Waals surface area contributed by atoms with Crippen molar-refractivity contribution in [2.75, 3.05) is 37.7 Å². The number of amides is 2. The highest BCUT2D eigenvalue weighted by molar-refractivity contribution is 6.03. The minimum atomic E-state index is -0.576. The number of anilines is 1. The fourth-order valence-electron chi connectivity index (χ4n) is 2.73. The second kappa shape index (κ2) is 5.96. The largest absolute Gasteiger partial charge is 0.479 e. The normalized spacial score (nSPS) is 21.4. The Morgan fingerprint density at radius 1 is 1.32 bits per heavy atom. The zero-order valence-corrected chi connectivity index (χ0v) is 12.9. The van der Waals surface area contributed by atoms with Gasteiger partial charge in [-0.25, -0.2) is 0 Å². The molecule has 2 aliphatic heterocycles. The van der Waals surface area contributed by atoms with E-state index in [1.54, 1.807) is 11.8 Å². The number of carbonyl (C=O) groups excluding carboxylic acids is 2. The van der Waals surface area contributed by atoms with E-state index in [0.717, 1.165) is 5.56 Å². The van der Waals surface area contributed by atoms with E-state index in [1.165, 1.54) is 4.90 Å². The van der Waals surface area contributed by atoms with Crippen LogP contribution in [0.5, 0.6) is 5.75 Å². The van der Waals surface area contributed by atoms with Crippen LogP contribution in [0.2, 0.25) is 0 Å². The molecular formula is C16H20N2O4. The fraction of sp³-hybridized carbons (Fsp3) is 0.500. The Bertz CT molecular complexity index is 596. The Morgan fingerprint density at radius 3 is 2.77 bits per heavy atom. The minimum Gasteiger partial charge on any atom is -0.479 e. The summed E-state index contributed by atoms with van der Waals surface area (Å²) in [4.78, 5) is 28.2. The lowest BCUT2D eigenvalue weighted by Gasteiger charge is -2.35. The highest BCUT2D eigenvalue weighted by Crippen LogP contribution is 2.34. The van der Waals surface area contributed by atoms with Gasteiger partial charge in [0.1, 0.15) is 12.3 Å². The number of hydrogen-bond donors (Lipinski definition) is 0. The van der Waals surface area contributed by atoms with Gasteiger partial charge in [-0.15, -0.1) is 0 Å². The molecule has 0 aliphatic carbocycles. The number of fused-ring (bicyclic) bond motifs is 1. The first-order valence-electron chi connectivity index (χ1n) is 7.50. The van der Waals surface area contributed by atoms with E-state index < -0.39 is 6.10 Å². The molecule has 1 fully saturated rings. The average Bonchev–Trinajstić information content (AvgIpc) is 2.53. The van der Waals surface area contributed by atoms with Crippen LogP contribution in [-0.4, -0.2) is 55.7 Å². The van der Waals surface area contributed by atoms with Gasteiger partial charge in [-0.3, -0.25) is 14.5 Å². The van der Waals surface area contributed by atoms with Crippen molar-refractivity contribution in [1.29, 1.82) is 0 Å². The number of benzene rings is 1. The first-order chi connectivity index (χ1) is 10.6. The molecule has 22 heavy (non-hydrogen) atoms. The van der Waals surface area contributed by atoms with Gasteiger partial charge in [-0.1, -0.05) is 6.07 Å². The van der Waals surface area contributed by atoms with Crippen molar-refractivity contribution in [3.05, 3.63) is 23.8 Å². The standard InChI is InChI=1S/C16H20N2O4/c1-11-3-4-14-13(9-11)18(16(20)12(2)22-14)10-15(19)17-5-7-21-8-6-17/h3-4,9,12H,5-8,10H2,1-2H3/t12-/m0/s1. The van der Waals surface area contributed by atoms with Crippen LogP contribution in [0.3, 0.4) is 0 Å². The Morgan fingerprint density at radius 2 is 2.05 bits per heavy atom. The van der Waals surface area contributed by atoms with Crippen LogP contribution < -0.4 is 9.64 Å². The molecule has 2 amide bonds. The molecule has 2 aliphatic rings. The van der Waals surface area contributed by atoms with Gasteiger partial charge in [-0.05, 0) is 31.5 Å². The smallest absolute Gasteiger partial charge is 0.268 e. The van der Waals surface area contributed by atoms with Crippen LogP contribution in [0, 0.1) is 6.92 Å². The highest BCUT2D eigenvalue weighted by atomic mass is 16.5. The van der Waals surface area contributed by atoms with Crippen molar-refractivity contribution in [2.24, 2.45) is 0 Å². The molecule has 0 N–H and O–H groups in total. The first-order valence-corrected chi connectivity index (χ1v) is 7.50. The Balaban J connectivity index is 1.83. The predicted octanol–water partition coefficient (Wildman–Crippen LogP) is 0.968. The number of morpholine rings is 1. The van der Waals surface area contributed by atoms with Crippen LogP contribution in [0.1, 0.15) is 12.5 Å². The van der Waals surface area contributed by atoms with Gasteiger partial charge in [0.2, 0.25) is 5.91 Å². The van der Waals surface area contributed by atoms with Crippen LogP contribution in [0.4, 0.5) is 5.69 Å². The van der Waals surface area contributed by atoms with Gasteiger partial charge >= 0.3 is 0 Å². The van der Waals surface area contributed by atoms with Crippen molar-refractivity contribution in [3.8, 4) is 5.75 Å². The third kappa shape index (κ3) is 2.78. The lowest BCUT2D eigenvalue weighted by atomic mass is 10.1. The summed E-state index contributed by atoms with van der Waals surface area (Å²) in [6, 6.07) is 5.66. The zero-order chi connectivity index (χ0) is 15.7. The molecular weight excluding hydrogens is 284 g/mol. The molecule has 1 saturated heterocycles. The zero-order valence-electron chi connectivity index (χ0n) is 12.9. The van der Waals surface area contributed by atoms with E-state index in [0.29, 0.717) is 37.7 Å². The maximum absolute atomic E-state index is 12.4. The van der Waals surface area contributed by atoms with E-state index in [4.69, 9.17) is 9.47 Å². The second-order valence-electron chi connectivity index (χ2n) is 5.65. The van der Waals surface area contributed by atoms with Crippen molar-refractivity contribution >= 4 is 17.5 Å². The molecule has 1 aromatic rings. The maximum Gasteiger partial charge on any atom is 0.268 e. The van der Waals surface area contributed by atoms with Crippen LogP contribution >= 0.6 is 0 Å². The molecule has 2 heterocycles. The van der Waals surface area contributed by atoms with Gasteiger partial charge in [-0.2, -0.15) is 0 Å². The summed E-state index contributed by atoms with van der Waals surface area (Å²) in [6.45, 7) is 5.95. The maximum atomic E-state index is 12.4. The molecule has 0 saturated carbocycles. The molecule has 6 nitrogen and oxygen atoms in total. The van der Waals surface area contributed by atoms with Gasteiger partial charge in [0, 0.05) is 13.1 Å². The number of rotatable bonds is 2. The molecule has 0 spiro atoms. The molecule has 118 valence electrons. The predicted molar refractivity (Wildman–Crippen MR) is 81.0 cm³/mol. The highest BCUT2D eigenvalue weighted by Gasteiger charge is 2.33. The summed E-state index contributed by atoms with van der Waals surface area (Å²) >= 11 is 0. The summed E-state index contributed by atoms with van der Waals surface area (Å²) in [5.74, 6) is 0.408. The van der Waals surface area contributed by atoms with Crippen LogP contribution in [0.25, 0.3) is 0 Å². The molecule has 0 aromatic heterocycles. The van der Waals surface area contributed by atoms with Crippen molar-refractivity contribution in [2.45, 2.75) is 20.0 Å². The first kappa shape index (κ1) is 14.8. The topological polar surface area (TPSA) is 59.1 Å². The third-order valence-electron chi connectivity index (χ3n) is 3.98. The summed E-state index contributed by atoms with van der Waals surface area (Å²) in [5, 5.41) is 0. The summed E-state index contributed by atoms with van der Waals surface area (Å²) in [6.07, 6.45) is -0.576. The number of hydrogen-bond acceptors (Lipinski definition) is 4. The van der Waals surface area contributed by atoms with E-state index in [1.807, 2.05) is 25.1 Å². The number of nitrogens with zero attached hydrogens (tertiary/aromatic N) is 2. The third-order valence-corrected chi connectivity index (χ3v) is 3.98. The lowest BCUT2D eigenvalue weighted by Crippen LogP contribution is -2.51. The van der Waals surface area contributed by atoms with Gasteiger partial charge < -0.3 is 14.4 Å². The van der Waals surface area contributed by atoms with Gasteiger partial charge in [0.05, 0.1) is 18.9 Å². The van der Waals surface area contributed by atoms with E-state index >= 15 is 0 Å². The molecule has 6 heteroatoms. The minimum absolute atomic E-state index is 0.0446. The van der Waals surface area contributed by atoms with Crippen molar-refractivity contribution < 1.29 is 19.1 Å². The van der Waals surface area contributed by atoms with E-state index in [-0.39, 0.29) is 18.4 Å². The van der Waals surface area contributed by atoms with Crippen molar-refractivity contribution in [1.82, 2.24) is 4.90 Å². The lowest BCUT2D eigenvalue weighted by molar-refractivity contribution is -0.136.